The summed E-state index contributed by atoms with van der Waals surface area (Å²) in [5.74, 6) is -0.447. The van der Waals surface area contributed by atoms with Gasteiger partial charge in [0, 0.05) is 18.5 Å². The number of allylic oxidation sites excluding steroid dienone is 2. The molecule has 2 aliphatic rings. The molecule has 0 saturated carbocycles. The van der Waals surface area contributed by atoms with E-state index in [2.05, 4.69) is 18.7 Å². The van der Waals surface area contributed by atoms with Crippen LogP contribution in [-0.2, 0) is 15.9 Å². The third-order valence-electron chi connectivity index (χ3n) is 4.11. The van der Waals surface area contributed by atoms with Crippen molar-refractivity contribution in [3.8, 4) is 0 Å². The van der Waals surface area contributed by atoms with Gasteiger partial charge >= 0.3 is 0 Å². The first kappa shape index (κ1) is 13.4. The van der Waals surface area contributed by atoms with Crippen LogP contribution in [0, 0.1) is 0 Å². The van der Waals surface area contributed by atoms with Crippen LogP contribution in [0.1, 0.15) is 24.8 Å². The topological polar surface area (TPSA) is 44.5 Å². The molecule has 0 unspecified atom stereocenters. The van der Waals surface area contributed by atoms with Crippen molar-refractivity contribution in [1.29, 1.82) is 0 Å². The van der Waals surface area contributed by atoms with Crippen molar-refractivity contribution in [3.63, 3.8) is 0 Å². The molecule has 3 nitrogen and oxygen atoms in total. The van der Waals surface area contributed by atoms with Crippen LogP contribution >= 0.6 is 0 Å². The maximum Gasteiger partial charge on any atom is 0.172 e. The van der Waals surface area contributed by atoms with Gasteiger partial charge in [0.05, 0.1) is 13.2 Å². The molecule has 2 N–H and O–H groups in total. The quantitative estimate of drug-likeness (QED) is 0.919. The van der Waals surface area contributed by atoms with Crippen molar-refractivity contribution in [3.05, 3.63) is 59.3 Å². The predicted octanol–water partition coefficient (Wildman–Crippen LogP) is 2.93. The molecule has 0 radical (unpaired) electrons. The molecule has 1 spiro atoms. The summed E-state index contributed by atoms with van der Waals surface area (Å²) in [6, 6.07) is 10.3. The van der Waals surface area contributed by atoms with Gasteiger partial charge in [-0.05, 0) is 29.6 Å². The average molecular weight is 271 g/mol. The normalized spacial score (nSPS) is 21.4. The van der Waals surface area contributed by atoms with Crippen molar-refractivity contribution in [2.45, 2.75) is 31.5 Å². The van der Waals surface area contributed by atoms with Crippen LogP contribution in [0.5, 0.6) is 0 Å². The first-order valence-corrected chi connectivity index (χ1v) is 7.16. The Morgan fingerprint density at radius 2 is 1.90 bits per heavy atom. The maximum atomic E-state index is 6.19. The fraction of sp³-hybridized carbons (Fsp3) is 0.412. The molecule has 0 amide bonds. The highest BCUT2D eigenvalue weighted by molar-refractivity contribution is 5.39. The van der Waals surface area contributed by atoms with Crippen LogP contribution in [0.2, 0.25) is 0 Å². The van der Waals surface area contributed by atoms with Crippen LogP contribution in [0.3, 0.4) is 0 Å². The van der Waals surface area contributed by atoms with Crippen molar-refractivity contribution >= 4 is 0 Å². The van der Waals surface area contributed by atoms with Crippen LogP contribution < -0.4 is 5.73 Å². The van der Waals surface area contributed by atoms with Gasteiger partial charge in [-0.15, -0.1) is 0 Å². The summed E-state index contributed by atoms with van der Waals surface area (Å²) in [5, 5.41) is 0. The number of hydrogen-bond donors (Lipinski definition) is 1. The van der Waals surface area contributed by atoms with E-state index in [0.29, 0.717) is 13.2 Å². The summed E-state index contributed by atoms with van der Waals surface area (Å²) in [4.78, 5) is 0. The molecule has 20 heavy (non-hydrogen) atoms. The fourth-order valence-electron chi connectivity index (χ4n) is 2.99. The van der Waals surface area contributed by atoms with E-state index in [0.717, 1.165) is 42.5 Å². The van der Waals surface area contributed by atoms with Gasteiger partial charge in [-0.1, -0.05) is 36.9 Å². The summed E-state index contributed by atoms with van der Waals surface area (Å²) in [5.41, 5.74) is 10.6. The Labute approximate surface area is 120 Å². The van der Waals surface area contributed by atoms with E-state index in [9.17, 15) is 0 Å². The van der Waals surface area contributed by atoms with Crippen LogP contribution in [0.25, 0.3) is 0 Å². The number of nitrogens with two attached hydrogens (primary N) is 1. The van der Waals surface area contributed by atoms with Crippen LogP contribution in [0.15, 0.2) is 53.8 Å². The Bertz CT molecular complexity index is 527. The van der Waals surface area contributed by atoms with Crippen molar-refractivity contribution in [2.75, 3.05) is 13.2 Å². The first-order valence-electron chi connectivity index (χ1n) is 7.16. The van der Waals surface area contributed by atoms with Crippen molar-refractivity contribution in [1.82, 2.24) is 0 Å². The van der Waals surface area contributed by atoms with Gasteiger partial charge in [0.1, 0.15) is 0 Å². The Kier molecular flexibility index (Phi) is 3.64. The Hall–Kier alpha value is -1.58. The zero-order chi connectivity index (χ0) is 14.0. The van der Waals surface area contributed by atoms with E-state index in [4.69, 9.17) is 15.2 Å². The Morgan fingerprint density at radius 1 is 1.20 bits per heavy atom. The molecule has 1 aliphatic heterocycles. The van der Waals surface area contributed by atoms with Gasteiger partial charge in [0.25, 0.3) is 0 Å². The largest absolute Gasteiger partial charge is 0.402 e. The molecule has 1 heterocycles. The summed E-state index contributed by atoms with van der Waals surface area (Å²) >= 11 is 0. The Morgan fingerprint density at radius 3 is 2.60 bits per heavy atom. The molecule has 3 heteroatoms. The molecular weight excluding hydrogens is 250 g/mol. The summed E-state index contributed by atoms with van der Waals surface area (Å²) < 4.78 is 11.6. The van der Waals surface area contributed by atoms with Gasteiger partial charge in [0.15, 0.2) is 5.79 Å². The average Bonchev–Trinajstić information content (AvgIpc) is 2.91. The molecular formula is C17H21NO2. The second kappa shape index (κ2) is 5.43. The minimum Gasteiger partial charge on any atom is -0.402 e. The minimum atomic E-state index is -0.447. The van der Waals surface area contributed by atoms with E-state index in [1.165, 1.54) is 5.56 Å². The fourth-order valence-corrected chi connectivity index (χ4v) is 2.99. The van der Waals surface area contributed by atoms with Gasteiger partial charge in [0.2, 0.25) is 0 Å². The highest BCUT2D eigenvalue weighted by Gasteiger charge is 2.40. The lowest BCUT2D eigenvalue weighted by molar-refractivity contribution is -0.163. The third kappa shape index (κ3) is 2.65. The molecule has 1 aromatic rings. The molecule has 0 bridgehead atoms. The van der Waals surface area contributed by atoms with Gasteiger partial charge < -0.3 is 15.2 Å². The molecule has 3 rings (SSSR count). The monoisotopic (exact) mass is 271 g/mol. The summed E-state index contributed by atoms with van der Waals surface area (Å²) in [6.07, 6.45) is 3.22. The van der Waals surface area contributed by atoms with Crippen molar-refractivity contribution < 1.29 is 9.47 Å². The van der Waals surface area contributed by atoms with E-state index < -0.39 is 5.79 Å². The third-order valence-corrected chi connectivity index (χ3v) is 4.11. The second-order valence-corrected chi connectivity index (χ2v) is 5.55. The van der Waals surface area contributed by atoms with E-state index in [1.54, 1.807) is 0 Å². The van der Waals surface area contributed by atoms with E-state index in [-0.39, 0.29) is 0 Å². The zero-order valence-electron chi connectivity index (χ0n) is 11.7. The minimum absolute atomic E-state index is 0.447. The highest BCUT2D eigenvalue weighted by Crippen LogP contribution is 2.40. The standard InChI is InChI=1S/C17H21NO2/c1-13(11-14-5-3-2-4-6-14)15-12-17(8-7-16(15)18)19-9-10-20-17/h2-6H,1,7-12,18H2. The van der Waals surface area contributed by atoms with Gasteiger partial charge in [-0.25, -0.2) is 0 Å². The van der Waals surface area contributed by atoms with E-state index in [1.807, 2.05) is 18.2 Å². The lowest BCUT2D eigenvalue weighted by atomic mass is 9.85. The summed E-state index contributed by atoms with van der Waals surface area (Å²) in [6.45, 7) is 5.59. The summed E-state index contributed by atoms with van der Waals surface area (Å²) in [7, 11) is 0. The van der Waals surface area contributed by atoms with Gasteiger partial charge in [-0.2, -0.15) is 0 Å². The zero-order valence-corrected chi connectivity index (χ0v) is 11.7. The smallest absolute Gasteiger partial charge is 0.172 e. The van der Waals surface area contributed by atoms with Crippen LogP contribution in [-0.4, -0.2) is 19.0 Å². The number of ether oxygens (including phenoxy) is 2. The molecule has 1 aromatic carbocycles. The Balaban J connectivity index is 1.76. The highest BCUT2D eigenvalue weighted by atomic mass is 16.7. The predicted molar refractivity (Wildman–Crippen MR) is 79.0 cm³/mol. The molecule has 1 saturated heterocycles. The molecule has 106 valence electrons. The maximum absolute atomic E-state index is 6.19. The first-order chi connectivity index (χ1) is 9.69. The molecule has 1 fully saturated rings. The lowest BCUT2D eigenvalue weighted by Gasteiger charge is -2.34. The number of benzene rings is 1. The SMILES string of the molecule is C=C(Cc1ccccc1)C1=C(N)CCC2(C1)OCCO2. The molecule has 0 atom stereocenters. The van der Waals surface area contributed by atoms with E-state index >= 15 is 0 Å². The molecule has 0 aromatic heterocycles. The lowest BCUT2D eigenvalue weighted by Crippen LogP contribution is -2.35. The van der Waals surface area contributed by atoms with Gasteiger partial charge in [-0.3, -0.25) is 0 Å². The number of rotatable bonds is 3. The number of hydrogen-bond acceptors (Lipinski definition) is 3. The second-order valence-electron chi connectivity index (χ2n) is 5.55. The van der Waals surface area contributed by atoms with Crippen molar-refractivity contribution in [2.24, 2.45) is 5.73 Å². The molecule has 1 aliphatic carbocycles. The van der Waals surface area contributed by atoms with Crippen LogP contribution in [0.4, 0.5) is 0 Å².